The molecule has 0 saturated heterocycles. The van der Waals surface area contributed by atoms with Gasteiger partial charge >= 0.3 is 0 Å². The minimum Gasteiger partial charge on any atom is -0.0812 e. The maximum absolute atomic E-state index is 2.41. The molecule has 0 heterocycles. The minimum atomic E-state index is 1.17. The molecular formula is C8H11I. The molecule has 1 aliphatic carbocycles. The molecule has 0 N–H and O–H groups in total. The van der Waals surface area contributed by atoms with Gasteiger partial charge in [0.25, 0.3) is 0 Å². The lowest BCUT2D eigenvalue weighted by Gasteiger charge is -1.93. The molecule has 1 aliphatic rings. The Kier molecular flexibility index (Phi) is 2.33. The minimum absolute atomic E-state index is 1.17. The summed E-state index contributed by atoms with van der Waals surface area (Å²) in [5, 5.41) is 0. The van der Waals surface area contributed by atoms with Crippen LogP contribution in [0, 0.1) is 0 Å². The summed E-state index contributed by atoms with van der Waals surface area (Å²) in [6.07, 6.45) is 3.51. The molecule has 50 valence electrons. The highest BCUT2D eigenvalue weighted by Crippen LogP contribution is 2.25. The molecule has 0 saturated carbocycles. The summed E-state index contributed by atoms with van der Waals surface area (Å²) in [4.78, 5) is 0. The Morgan fingerprint density at radius 3 is 2.44 bits per heavy atom. The lowest BCUT2D eigenvalue weighted by Crippen LogP contribution is -1.77. The van der Waals surface area contributed by atoms with Crippen LogP contribution in [0.25, 0.3) is 0 Å². The Morgan fingerprint density at radius 2 is 2.22 bits per heavy atom. The van der Waals surface area contributed by atoms with Gasteiger partial charge in [0.15, 0.2) is 0 Å². The summed E-state index contributed by atoms with van der Waals surface area (Å²) in [7, 11) is 0. The number of alkyl halides is 1. The lowest BCUT2D eigenvalue weighted by atomic mass is 10.2. The first-order valence-corrected chi connectivity index (χ1v) is 4.68. The van der Waals surface area contributed by atoms with Gasteiger partial charge in [-0.1, -0.05) is 39.8 Å². The largest absolute Gasteiger partial charge is 0.0812 e. The molecule has 1 rings (SSSR count). The zero-order valence-corrected chi connectivity index (χ0v) is 8.03. The van der Waals surface area contributed by atoms with Crippen molar-refractivity contribution >= 4 is 22.6 Å². The van der Waals surface area contributed by atoms with Gasteiger partial charge in [0.05, 0.1) is 0 Å². The van der Waals surface area contributed by atoms with Crippen molar-refractivity contribution in [2.75, 3.05) is 4.43 Å². The molecule has 0 aromatic heterocycles. The molecule has 0 nitrogen and oxygen atoms in total. The fourth-order valence-corrected chi connectivity index (χ4v) is 2.03. The second-order valence-electron chi connectivity index (χ2n) is 2.61. The van der Waals surface area contributed by atoms with Gasteiger partial charge in [-0.05, 0) is 25.8 Å². The molecule has 0 aliphatic heterocycles. The van der Waals surface area contributed by atoms with Crippen molar-refractivity contribution in [3.63, 3.8) is 0 Å². The van der Waals surface area contributed by atoms with E-state index in [9.17, 15) is 0 Å². The first-order valence-electron chi connectivity index (χ1n) is 3.16. The van der Waals surface area contributed by atoms with E-state index in [0.29, 0.717) is 0 Å². The van der Waals surface area contributed by atoms with Gasteiger partial charge in [0.1, 0.15) is 0 Å². The van der Waals surface area contributed by atoms with Crippen LogP contribution in [0.2, 0.25) is 0 Å². The van der Waals surface area contributed by atoms with Crippen molar-refractivity contribution in [1.82, 2.24) is 0 Å². The molecule has 0 aromatic rings. The Morgan fingerprint density at radius 1 is 1.56 bits per heavy atom. The molecule has 0 aromatic carbocycles. The molecule has 1 heteroatoms. The summed E-state index contributed by atoms with van der Waals surface area (Å²) >= 11 is 2.41. The summed E-state index contributed by atoms with van der Waals surface area (Å²) in [5.41, 5.74) is 4.61. The van der Waals surface area contributed by atoms with E-state index in [1.165, 1.54) is 22.0 Å². The molecule has 0 bridgehead atoms. The van der Waals surface area contributed by atoms with E-state index in [-0.39, 0.29) is 0 Å². The van der Waals surface area contributed by atoms with Gasteiger partial charge in [-0.25, -0.2) is 0 Å². The maximum Gasteiger partial charge on any atom is 0.0246 e. The molecule has 0 radical (unpaired) electrons. The van der Waals surface area contributed by atoms with Crippen molar-refractivity contribution < 1.29 is 0 Å². The van der Waals surface area contributed by atoms with E-state index in [1.807, 2.05) is 0 Å². The zero-order chi connectivity index (χ0) is 6.85. The Hall–Kier alpha value is 0.210. The second-order valence-corrected chi connectivity index (χ2v) is 3.37. The number of rotatable bonds is 1. The number of hydrogen-bond donors (Lipinski definition) is 0. The highest BCUT2D eigenvalue weighted by Gasteiger charge is 2.06. The fourth-order valence-electron chi connectivity index (χ4n) is 1.16. The van der Waals surface area contributed by atoms with E-state index in [4.69, 9.17) is 0 Å². The quantitative estimate of drug-likeness (QED) is 0.483. The van der Waals surface area contributed by atoms with Gasteiger partial charge in [-0.2, -0.15) is 0 Å². The van der Waals surface area contributed by atoms with Crippen LogP contribution < -0.4 is 0 Å². The smallest absolute Gasteiger partial charge is 0.0246 e. The standard InChI is InChI=1S/C8H11I/c1-6-3-7(2)8(4-6)5-9/h4H,3,5H2,1-2H3. The van der Waals surface area contributed by atoms with E-state index in [2.05, 4.69) is 42.5 Å². The normalized spacial score (nSPS) is 18.8. The van der Waals surface area contributed by atoms with Crippen molar-refractivity contribution in [1.29, 1.82) is 0 Å². The summed E-state index contributed by atoms with van der Waals surface area (Å²) in [6.45, 7) is 4.42. The third kappa shape index (κ3) is 1.57. The summed E-state index contributed by atoms with van der Waals surface area (Å²) in [6, 6.07) is 0. The van der Waals surface area contributed by atoms with Crippen LogP contribution in [0.3, 0.4) is 0 Å². The SMILES string of the molecule is CC1=CC(CI)=C(C)C1. The lowest BCUT2D eigenvalue weighted by molar-refractivity contribution is 1.14. The van der Waals surface area contributed by atoms with Crippen molar-refractivity contribution in [3.8, 4) is 0 Å². The molecule has 0 unspecified atom stereocenters. The molecule has 0 amide bonds. The Balaban J connectivity index is 2.75. The first kappa shape index (κ1) is 7.32. The van der Waals surface area contributed by atoms with Crippen LogP contribution >= 0.6 is 22.6 Å². The topological polar surface area (TPSA) is 0 Å². The van der Waals surface area contributed by atoms with Crippen molar-refractivity contribution in [2.45, 2.75) is 20.3 Å². The first-order chi connectivity index (χ1) is 4.24. The number of allylic oxidation sites excluding steroid dienone is 4. The molecule has 0 fully saturated rings. The van der Waals surface area contributed by atoms with Crippen LogP contribution in [0.4, 0.5) is 0 Å². The van der Waals surface area contributed by atoms with E-state index < -0.39 is 0 Å². The van der Waals surface area contributed by atoms with Gasteiger partial charge in [0, 0.05) is 4.43 Å². The molecule has 9 heavy (non-hydrogen) atoms. The average Bonchev–Trinajstić information content (AvgIpc) is 2.10. The van der Waals surface area contributed by atoms with Crippen molar-refractivity contribution in [2.24, 2.45) is 0 Å². The predicted octanol–water partition coefficient (Wildman–Crippen LogP) is 3.09. The van der Waals surface area contributed by atoms with Crippen LogP contribution in [-0.2, 0) is 0 Å². The van der Waals surface area contributed by atoms with E-state index >= 15 is 0 Å². The molecular weight excluding hydrogens is 223 g/mol. The third-order valence-electron chi connectivity index (χ3n) is 1.66. The highest BCUT2D eigenvalue weighted by molar-refractivity contribution is 14.1. The van der Waals surface area contributed by atoms with Crippen LogP contribution in [-0.4, -0.2) is 4.43 Å². The Labute approximate surface area is 70.2 Å². The van der Waals surface area contributed by atoms with Gasteiger partial charge in [-0.3, -0.25) is 0 Å². The maximum atomic E-state index is 2.41. The van der Waals surface area contributed by atoms with Gasteiger partial charge in [0.2, 0.25) is 0 Å². The van der Waals surface area contributed by atoms with Crippen LogP contribution in [0.1, 0.15) is 20.3 Å². The summed E-state index contributed by atoms with van der Waals surface area (Å²) in [5.74, 6) is 0. The monoisotopic (exact) mass is 234 g/mol. The van der Waals surface area contributed by atoms with Gasteiger partial charge in [-0.15, -0.1) is 0 Å². The fraction of sp³-hybridized carbons (Fsp3) is 0.500. The van der Waals surface area contributed by atoms with Crippen molar-refractivity contribution in [3.05, 3.63) is 22.8 Å². The van der Waals surface area contributed by atoms with Gasteiger partial charge < -0.3 is 0 Å². The second kappa shape index (κ2) is 2.86. The number of halogens is 1. The summed E-state index contributed by atoms with van der Waals surface area (Å²) < 4.78 is 1.17. The van der Waals surface area contributed by atoms with Crippen LogP contribution in [0.15, 0.2) is 22.8 Å². The third-order valence-corrected chi connectivity index (χ3v) is 2.48. The number of hydrogen-bond acceptors (Lipinski definition) is 0. The zero-order valence-electron chi connectivity index (χ0n) is 5.87. The van der Waals surface area contributed by atoms with Crippen LogP contribution in [0.5, 0.6) is 0 Å². The molecule has 0 atom stereocenters. The predicted molar refractivity (Wildman–Crippen MR) is 50.0 cm³/mol. The Bertz CT molecular complexity index is 175. The van der Waals surface area contributed by atoms with E-state index in [1.54, 1.807) is 5.57 Å². The molecule has 0 spiro atoms. The van der Waals surface area contributed by atoms with E-state index in [0.717, 1.165) is 0 Å². The average molecular weight is 234 g/mol. The highest BCUT2D eigenvalue weighted by atomic mass is 127.